The number of halogens is 1. The Balaban J connectivity index is 2.50. The molecule has 0 heterocycles. The van der Waals surface area contributed by atoms with Gasteiger partial charge in [0.05, 0.1) is 0 Å². The lowest BCUT2D eigenvalue weighted by atomic mass is 10.1. The summed E-state index contributed by atoms with van der Waals surface area (Å²) in [5, 5.41) is 2.82. The van der Waals surface area contributed by atoms with E-state index in [0.717, 1.165) is 4.47 Å². The number of nitrogens with one attached hydrogen (secondary N) is 1. The van der Waals surface area contributed by atoms with Crippen molar-refractivity contribution in [2.75, 3.05) is 6.54 Å². The predicted octanol–water partition coefficient (Wildman–Crippen LogP) is 2.16. The van der Waals surface area contributed by atoms with Gasteiger partial charge in [-0.15, -0.1) is 0 Å². The van der Waals surface area contributed by atoms with Crippen molar-refractivity contribution in [2.24, 2.45) is 11.7 Å². The third-order valence-corrected chi connectivity index (χ3v) is 2.99. The fraction of sp³-hybridized carbons (Fsp3) is 0.417. The third-order valence-electron chi connectivity index (χ3n) is 2.46. The summed E-state index contributed by atoms with van der Waals surface area (Å²) in [7, 11) is 0. The molecule has 0 radical (unpaired) electrons. The second-order valence-electron chi connectivity index (χ2n) is 4.12. The van der Waals surface area contributed by atoms with Crippen LogP contribution in [0.2, 0.25) is 0 Å². The molecule has 16 heavy (non-hydrogen) atoms. The molecular weight excluding hydrogens is 268 g/mol. The van der Waals surface area contributed by atoms with Gasteiger partial charge in [-0.1, -0.05) is 29.8 Å². The quantitative estimate of drug-likeness (QED) is 0.890. The van der Waals surface area contributed by atoms with Crippen molar-refractivity contribution in [1.82, 2.24) is 5.32 Å². The Labute approximate surface area is 105 Å². The number of amides is 1. The minimum Gasteiger partial charge on any atom is -0.350 e. The van der Waals surface area contributed by atoms with Crippen LogP contribution >= 0.6 is 15.9 Å². The van der Waals surface area contributed by atoms with Gasteiger partial charge in [0, 0.05) is 22.6 Å². The maximum atomic E-state index is 11.7. The zero-order valence-electron chi connectivity index (χ0n) is 9.53. The summed E-state index contributed by atoms with van der Waals surface area (Å²) in [6, 6.07) is 7.24. The van der Waals surface area contributed by atoms with E-state index in [1.165, 1.54) is 0 Å². The van der Waals surface area contributed by atoms with Crippen molar-refractivity contribution in [3.8, 4) is 0 Å². The van der Waals surface area contributed by atoms with E-state index in [0.29, 0.717) is 18.0 Å². The fourth-order valence-electron chi connectivity index (χ4n) is 1.15. The molecule has 1 unspecified atom stereocenters. The van der Waals surface area contributed by atoms with Gasteiger partial charge in [-0.05, 0) is 30.2 Å². The lowest BCUT2D eigenvalue weighted by Gasteiger charge is -2.16. The van der Waals surface area contributed by atoms with E-state index in [9.17, 15) is 4.79 Å². The highest BCUT2D eigenvalue weighted by molar-refractivity contribution is 9.10. The van der Waals surface area contributed by atoms with Crippen molar-refractivity contribution in [3.05, 3.63) is 34.3 Å². The van der Waals surface area contributed by atoms with Crippen molar-refractivity contribution in [3.63, 3.8) is 0 Å². The van der Waals surface area contributed by atoms with Gasteiger partial charge < -0.3 is 11.1 Å². The van der Waals surface area contributed by atoms with E-state index in [1.807, 2.05) is 26.0 Å². The highest BCUT2D eigenvalue weighted by atomic mass is 79.9. The first-order valence-corrected chi connectivity index (χ1v) is 6.09. The van der Waals surface area contributed by atoms with Crippen molar-refractivity contribution < 1.29 is 4.79 Å². The van der Waals surface area contributed by atoms with Crippen LogP contribution in [0.3, 0.4) is 0 Å². The average Bonchev–Trinajstić information content (AvgIpc) is 2.26. The predicted molar refractivity (Wildman–Crippen MR) is 69.3 cm³/mol. The van der Waals surface area contributed by atoms with Gasteiger partial charge in [0.2, 0.25) is 0 Å². The van der Waals surface area contributed by atoms with Crippen LogP contribution in [0.25, 0.3) is 0 Å². The maximum absolute atomic E-state index is 11.7. The Morgan fingerprint density at radius 3 is 2.44 bits per heavy atom. The first-order valence-electron chi connectivity index (χ1n) is 5.30. The summed E-state index contributed by atoms with van der Waals surface area (Å²) in [6.07, 6.45) is 0. The van der Waals surface area contributed by atoms with Crippen LogP contribution in [0.4, 0.5) is 0 Å². The molecule has 1 aromatic carbocycles. The first kappa shape index (κ1) is 13.2. The first-order chi connectivity index (χ1) is 7.50. The Morgan fingerprint density at radius 1 is 1.38 bits per heavy atom. The van der Waals surface area contributed by atoms with Crippen molar-refractivity contribution in [1.29, 1.82) is 0 Å². The molecule has 3 nitrogen and oxygen atoms in total. The topological polar surface area (TPSA) is 55.1 Å². The summed E-state index contributed by atoms with van der Waals surface area (Å²) in [5.41, 5.74) is 6.50. The monoisotopic (exact) mass is 284 g/mol. The summed E-state index contributed by atoms with van der Waals surface area (Å²) >= 11 is 3.32. The average molecular weight is 285 g/mol. The molecule has 3 N–H and O–H groups in total. The molecule has 0 fully saturated rings. The number of benzene rings is 1. The van der Waals surface area contributed by atoms with Crippen molar-refractivity contribution in [2.45, 2.75) is 19.9 Å². The molecule has 0 saturated heterocycles. The van der Waals surface area contributed by atoms with Gasteiger partial charge >= 0.3 is 0 Å². The van der Waals surface area contributed by atoms with Crippen LogP contribution < -0.4 is 11.1 Å². The van der Waals surface area contributed by atoms with Crippen LogP contribution in [-0.4, -0.2) is 18.5 Å². The number of carbonyl (C=O) groups excluding carboxylic acids is 1. The summed E-state index contributed by atoms with van der Waals surface area (Å²) < 4.78 is 0.961. The molecule has 1 rings (SSSR count). The SMILES string of the molecule is CC(C)C(N)CNC(=O)c1ccc(Br)cc1. The second-order valence-corrected chi connectivity index (χ2v) is 5.04. The number of carbonyl (C=O) groups is 1. The maximum Gasteiger partial charge on any atom is 0.251 e. The molecule has 1 atom stereocenters. The Bertz CT molecular complexity index is 349. The summed E-state index contributed by atoms with van der Waals surface area (Å²) in [6.45, 7) is 4.58. The van der Waals surface area contributed by atoms with E-state index in [4.69, 9.17) is 5.73 Å². The number of nitrogens with two attached hydrogens (primary N) is 1. The molecule has 0 bridgehead atoms. The fourth-order valence-corrected chi connectivity index (χ4v) is 1.41. The van der Waals surface area contributed by atoms with Crippen LogP contribution in [0, 0.1) is 5.92 Å². The van der Waals surface area contributed by atoms with Gasteiger partial charge in [0.25, 0.3) is 5.91 Å². The molecule has 1 aromatic rings. The molecule has 0 aromatic heterocycles. The number of rotatable bonds is 4. The normalized spacial score (nSPS) is 12.6. The third kappa shape index (κ3) is 3.94. The van der Waals surface area contributed by atoms with Gasteiger partial charge in [-0.25, -0.2) is 0 Å². The molecule has 0 aliphatic heterocycles. The lowest BCUT2D eigenvalue weighted by Crippen LogP contribution is -2.40. The van der Waals surface area contributed by atoms with Crippen LogP contribution in [0.1, 0.15) is 24.2 Å². The lowest BCUT2D eigenvalue weighted by molar-refractivity contribution is 0.0949. The Hall–Kier alpha value is -0.870. The number of hydrogen-bond donors (Lipinski definition) is 2. The second kappa shape index (κ2) is 6.01. The van der Waals surface area contributed by atoms with E-state index in [2.05, 4.69) is 21.2 Å². The Kier molecular flexibility index (Phi) is 4.96. The standard InChI is InChI=1S/C12H17BrN2O/c1-8(2)11(14)7-15-12(16)9-3-5-10(13)6-4-9/h3-6,8,11H,7,14H2,1-2H3,(H,15,16). The molecule has 4 heteroatoms. The Morgan fingerprint density at radius 2 is 1.94 bits per heavy atom. The van der Waals surface area contributed by atoms with E-state index in [1.54, 1.807) is 12.1 Å². The highest BCUT2D eigenvalue weighted by Crippen LogP contribution is 2.10. The van der Waals surface area contributed by atoms with Gasteiger partial charge in [0.15, 0.2) is 0 Å². The van der Waals surface area contributed by atoms with Gasteiger partial charge in [-0.2, -0.15) is 0 Å². The minimum atomic E-state index is -0.0800. The van der Waals surface area contributed by atoms with Gasteiger partial charge in [-0.3, -0.25) is 4.79 Å². The molecule has 0 saturated carbocycles. The largest absolute Gasteiger partial charge is 0.350 e. The van der Waals surface area contributed by atoms with Gasteiger partial charge in [0.1, 0.15) is 0 Å². The molecule has 88 valence electrons. The van der Waals surface area contributed by atoms with Crippen molar-refractivity contribution >= 4 is 21.8 Å². The zero-order valence-corrected chi connectivity index (χ0v) is 11.1. The van der Waals surface area contributed by atoms with Crippen LogP contribution in [0.15, 0.2) is 28.7 Å². The van der Waals surface area contributed by atoms with E-state index < -0.39 is 0 Å². The summed E-state index contributed by atoms with van der Waals surface area (Å²) in [4.78, 5) is 11.7. The van der Waals surface area contributed by atoms with Crippen LogP contribution in [-0.2, 0) is 0 Å². The van der Waals surface area contributed by atoms with E-state index in [-0.39, 0.29) is 11.9 Å². The smallest absolute Gasteiger partial charge is 0.251 e. The molecule has 0 aliphatic rings. The highest BCUT2D eigenvalue weighted by Gasteiger charge is 2.10. The molecular formula is C12H17BrN2O. The zero-order chi connectivity index (χ0) is 12.1. The van der Waals surface area contributed by atoms with Crippen LogP contribution in [0.5, 0.6) is 0 Å². The molecule has 0 spiro atoms. The number of hydrogen-bond acceptors (Lipinski definition) is 2. The minimum absolute atomic E-state index is 0.000557. The summed E-state index contributed by atoms with van der Waals surface area (Å²) in [5.74, 6) is 0.286. The molecule has 1 amide bonds. The molecule has 0 aliphatic carbocycles. The van der Waals surface area contributed by atoms with E-state index >= 15 is 0 Å².